The molecule has 0 aromatic carbocycles. The number of anilines is 1. The molecular weight excluding hydrogens is 479 g/mol. The predicted octanol–water partition coefficient (Wildman–Crippen LogP) is 1.84. The van der Waals surface area contributed by atoms with Crippen LogP contribution in [0, 0.1) is 12.5 Å². The van der Waals surface area contributed by atoms with Crippen molar-refractivity contribution in [2.45, 2.75) is 63.7 Å². The van der Waals surface area contributed by atoms with E-state index in [0.29, 0.717) is 11.2 Å². The normalized spacial score (nSPS) is 31.3. The van der Waals surface area contributed by atoms with Crippen LogP contribution in [-0.4, -0.2) is 62.9 Å². The van der Waals surface area contributed by atoms with Crippen LogP contribution in [-0.2, 0) is 27.9 Å². The van der Waals surface area contributed by atoms with Gasteiger partial charge < -0.3 is 15.6 Å². The van der Waals surface area contributed by atoms with Crippen LogP contribution in [0.4, 0.5) is 5.82 Å². The topological polar surface area (TPSA) is 164 Å². The Hall–Kier alpha value is -2.59. The third-order valence-corrected chi connectivity index (χ3v) is 8.08. The summed E-state index contributed by atoms with van der Waals surface area (Å²) in [4.78, 5) is 19.8. The second-order valence-corrected chi connectivity index (χ2v) is 10.4. The molecule has 2 fully saturated rings. The van der Waals surface area contributed by atoms with E-state index in [2.05, 4.69) is 20.0 Å². The molecule has 0 saturated carbocycles. The monoisotopic (exact) mass is 508 g/mol. The second-order valence-electron chi connectivity index (χ2n) is 8.65. The van der Waals surface area contributed by atoms with Gasteiger partial charge in [-0.25, -0.2) is 25.7 Å². The van der Waals surface area contributed by atoms with Crippen molar-refractivity contribution in [3.8, 4) is 0 Å². The maximum Gasteiger partial charge on any atom is 0.407 e. The summed E-state index contributed by atoms with van der Waals surface area (Å²) < 4.78 is 37.0. The molecule has 0 radical (unpaired) electrons. The molecule has 4 heterocycles. The lowest BCUT2D eigenvalue weighted by molar-refractivity contribution is -0.147. The molecule has 0 amide bonds. The highest BCUT2D eigenvalue weighted by Gasteiger charge is 2.68. The van der Waals surface area contributed by atoms with Crippen molar-refractivity contribution in [1.29, 1.82) is 0 Å². The molecule has 35 heavy (non-hydrogen) atoms. The highest BCUT2D eigenvalue weighted by atomic mass is 31.2. The summed E-state index contributed by atoms with van der Waals surface area (Å²) >= 11 is 0. The second kappa shape index (κ2) is 9.81. The van der Waals surface area contributed by atoms with E-state index in [4.69, 9.17) is 30.8 Å². The zero-order chi connectivity index (χ0) is 25.4. The van der Waals surface area contributed by atoms with Crippen molar-refractivity contribution in [2.75, 3.05) is 18.9 Å². The van der Waals surface area contributed by atoms with Crippen molar-refractivity contribution in [3.63, 3.8) is 0 Å². The molecule has 6 atom stereocenters. The minimum atomic E-state index is -4.09. The number of esters is 1. The van der Waals surface area contributed by atoms with Crippen molar-refractivity contribution >= 4 is 25.1 Å². The average Bonchev–Trinajstić information content (AvgIpc) is 3.39. The number of carbonyl (C=O) groups is 1. The van der Waals surface area contributed by atoms with Gasteiger partial charge in [0.05, 0.1) is 12.3 Å². The van der Waals surface area contributed by atoms with Crippen LogP contribution in [0.3, 0.4) is 0 Å². The number of aliphatic hydroxyl groups is 1. The number of hydrogen-bond donors (Lipinski definition) is 3. The Labute approximate surface area is 202 Å². The van der Waals surface area contributed by atoms with Gasteiger partial charge in [0.15, 0.2) is 12.4 Å². The molecule has 2 aliphatic rings. The highest BCUT2D eigenvalue weighted by molar-refractivity contribution is 7.51. The van der Waals surface area contributed by atoms with Crippen LogP contribution in [0.2, 0.25) is 0 Å². The number of ether oxygens (including phenoxy) is 2. The summed E-state index contributed by atoms with van der Waals surface area (Å²) in [7, 11) is -4.09. The lowest BCUT2D eigenvalue weighted by Crippen LogP contribution is -2.50. The number of hydrogen-bond acceptors (Lipinski definition) is 10. The minimum absolute atomic E-state index is 0.231. The zero-order valence-corrected chi connectivity index (χ0v) is 20.6. The van der Waals surface area contributed by atoms with Crippen molar-refractivity contribution in [1.82, 2.24) is 19.7 Å². The van der Waals surface area contributed by atoms with E-state index in [1.807, 2.05) is 13.8 Å². The van der Waals surface area contributed by atoms with E-state index in [1.165, 1.54) is 17.8 Å². The Morgan fingerprint density at radius 1 is 1.49 bits per heavy atom. The summed E-state index contributed by atoms with van der Waals surface area (Å²) in [5.74, 6) is -0.147. The maximum atomic E-state index is 13.3. The average molecular weight is 508 g/mol. The van der Waals surface area contributed by atoms with E-state index in [9.17, 15) is 14.5 Å². The highest BCUT2D eigenvalue weighted by Crippen LogP contribution is 2.57. The molecule has 1 unspecified atom stereocenters. The van der Waals surface area contributed by atoms with Gasteiger partial charge in [0.1, 0.15) is 30.1 Å². The van der Waals surface area contributed by atoms with E-state index >= 15 is 0 Å². The summed E-state index contributed by atoms with van der Waals surface area (Å²) in [6.45, 7) is 13.0. The number of aliphatic hydroxyl groups excluding tert-OH is 1. The Morgan fingerprint density at radius 2 is 2.23 bits per heavy atom. The fourth-order valence-electron chi connectivity index (χ4n) is 4.15. The molecule has 2 saturated heterocycles. The summed E-state index contributed by atoms with van der Waals surface area (Å²) in [5, 5.41) is 17.8. The maximum absolute atomic E-state index is 13.3. The standard InChI is InChI=1S/C21H29N6O7P/c1-5-13(6-2)9-31-20(29)12(3)26-35(30)32-10-21(23-4)18(34-35)16(28)17(33-21)14-7-8-15-19(22)24-11-25-27(14)15/h7-8,11-13,16-18,28H,5-6,9-10H2,1-3H3,(H,26,30)(H2,22,24,25)/t12-,16-,17-,18-,21+,35?/m0/s1. The van der Waals surface area contributed by atoms with Crippen molar-refractivity contribution in [2.24, 2.45) is 5.92 Å². The van der Waals surface area contributed by atoms with Gasteiger partial charge in [0.2, 0.25) is 6.10 Å². The van der Waals surface area contributed by atoms with E-state index < -0.39 is 50.4 Å². The number of aromatic nitrogens is 3. The SMILES string of the molecule is [C-]#[N+][C@@]12COP(=O)(N[C@@H](C)C(=O)OCC(CC)CC)O[C@H]1[C@@H](O)[C@H](c1ccc3c(N)ncnn13)O2. The largest absolute Gasteiger partial charge is 0.464 e. The van der Waals surface area contributed by atoms with E-state index in [-0.39, 0.29) is 18.3 Å². The van der Waals surface area contributed by atoms with Gasteiger partial charge in [-0.2, -0.15) is 5.10 Å². The Kier molecular flexibility index (Phi) is 7.15. The van der Waals surface area contributed by atoms with Crippen LogP contribution in [0.25, 0.3) is 10.4 Å². The molecule has 13 nitrogen and oxygen atoms in total. The molecule has 2 aliphatic heterocycles. The van der Waals surface area contributed by atoms with Gasteiger partial charge in [-0.1, -0.05) is 26.7 Å². The van der Waals surface area contributed by atoms with Gasteiger partial charge in [0.25, 0.3) is 0 Å². The number of fused-ring (bicyclic) bond motifs is 2. The van der Waals surface area contributed by atoms with Crippen LogP contribution < -0.4 is 10.8 Å². The quantitative estimate of drug-likeness (QED) is 0.271. The summed E-state index contributed by atoms with van der Waals surface area (Å²) in [6.07, 6.45) is -0.782. The van der Waals surface area contributed by atoms with E-state index in [0.717, 1.165) is 12.8 Å². The smallest absolute Gasteiger partial charge is 0.407 e. The first-order valence-corrected chi connectivity index (χ1v) is 12.9. The van der Waals surface area contributed by atoms with Gasteiger partial charge in [-0.3, -0.25) is 23.4 Å². The molecule has 0 bridgehead atoms. The van der Waals surface area contributed by atoms with Crippen LogP contribution in [0.1, 0.15) is 45.4 Å². The number of nitrogen functional groups attached to an aromatic ring is 1. The number of carbonyl (C=O) groups excluding carboxylic acids is 1. The summed E-state index contributed by atoms with van der Waals surface area (Å²) in [6, 6.07) is 2.28. The fourth-order valence-corrected chi connectivity index (χ4v) is 5.87. The molecule has 0 spiro atoms. The Balaban J connectivity index is 1.50. The van der Waals surface area contributed by atoms with Crippen LogP contribution in [0.5, 0.6) is 0 Å². The molecule has 4 rings (SSSR count). The van der Waals surface area contributed by atoms with E-state index in [1.54, 1.807) is 12.1 Å². The summed E-state index contributed by atoms with van der Waals surface area (Å²) in [5.41, 5.74) is 5.03. The predicted molar refractivity (Wildman–Crippen MR) is 123 cm³/mol. The Morgan fingerprint density at radius 3 is 2.91 bits per heavy atom. The minimum Gasteiger partial charge on any atom is -0.464 e. The van der Waals surface area contributed by atoms with Crippen molar-refractivity contribution < 1.29 is 33.0 Å². The van der Waals surface area contributed by atoms with Gasteiger partial charge in [-0.15, -0.1) is 0 Å². The third kappa shape index (κ3) is 4.65. The number of nitrogens with zero attached hydrogens (tertiary/aromatic N) is 4. The first-order valence-electron chi connectivity index (χ1n) is 11.4. The molecule has 14 heteroatoms. The molecule has 2 aromatic rings. The number of rotatable bonds is 8. The molecule has 2 aromatic heterocycles. The molecule has 190 valence electrons. The zero-order valence-electron chi connectivity index (χ0n) is 19.7. The third-order valence-electron chi connectivity index (χ3n) is 6.40. The van der Waals surface area contributed by atoms with Crippen molar-refractivity contribution in [3.05, 3.63) is 35.6 Å². The van der Waals surface area contributed by atoms with Crippen LogP contribution >= 0.6 is 7.75 Å². The molecular formula is C21H29N6O7P. The Bertz CT molecular complexity index is 1180. The van der Waals surface area contributed by atoms with Crippen LogP contribution in [0.15, 0.2) is 18.5 Å². The van der Waals surface area contributed by atoms with Gasteiger partial charge in [-0.05, 0) is 25.0 Å². The first kappa shape index (κ1) is 25.5. The number of nitrogens with one attached hydrogen (secondary N) is 1. The fraction of sp³-hybridized carbons (Fsp3) is 0.619. The molecule has 4 N–H and O–H groups in total. The molecule has 0 aliphatic carbocycles. The lowest BCUT2D eigenvalue weighted by Gasteiger charge is -2.33. The number of nitrogens with two attached hydrogens (primary N) is 1. The van der Waals surface area contributed by atoms with Gasteiger partial charge >= 0.3 is 19.4 Å². The lowest BCUT2D eigenvalue weighted by atomic mass is 10.0. The first-order chi connectivity index (χ1) is 16.7. The van der Waals surface area contributed by atoms with Gasteiger partial charge in [0, 0.05) is 0 Å².